The van der Waals surface area contributed by atoms with Crippen molar-refractivity contribution in [1.29, 1.82) is 0 Å². The first-order chi connectivity index (χ1) is 11.8. The summed E-state index contributed by atoms with van der Waals surface area (Å²) in [4.78, 5) is 14.1. The van der Waals surface area contributed by atoms with Crippen molar-refractivity contribution >= 4 is 5.91 Å². The van der Waals surface area contributed by atoms with Crippen LogP contribution in [-0.2, 0) is 11.0 Å². The lowest BCUT2D eigenvalue weighted by Gasteiger charge is -2.27. The highest BCUT2D eigenvalue weighted by Crippen LogP contribution is 2.38. The number of halogens is 4. The van der Waals surface area contributed by atoms with Crippen LogP contribution in [0.25, 0.3) is 0 Å². The summed E-state index contributed by atoms with van der Waals surface area (Å²) in [6.07, 6.45) is -5.22. The molecule has 1 aliphatic rings. The Labute approximate surface area is 142 Å². The number of rotatable bonds is 3. The molecule has 2 unspecified atom stereocenters. The van der Waals surface area contributed by atoms with Gasteiger partial charge in [-0.15, -0.1) is 0 Å². The average molecular weight is 352 g/mol. The molecule has 0 bridgehead atoms. The van der Waals surface area contributed by atoms with Gasteiger partial charge in [0.15, 0.2) is 0 Å². The molecule has 2 aromatic carbocycles. The second kappa shape index (κ2) is 6.48. The molecule has 1 saturated heterocycles. The number of nitrogens with zero attached hydrogens (tertiary/aromatic N) is 1. The number of carbonyl (C=O) groups excluding carboxylic acids is 1. The van der Waals surface area contributed by atoms with Crippen LogP contribution < -0.4 is 5.32 Å². The van der Waals surface area contributed by atoms with Gasteiger partial charge in [0.1, 0.15) is 18.0 Å². The number of benzene rings is 2. The maximum atomic E-state index is 14.1. The van der Waals surface area contributed by atoms with Gasteiger partial charge in [0.25, 0.3) is 0 Å². The lowest BCUT2D eigenvalue weighted by Crippen LogP contribution is -2.29. The Kier molecular flexibility index (Phi) is 4.51. The maximum absolute atomic E-state index is 14.1. The van der Waals surface area contributed by atoms with Crippen LogP contribution in [-0.4, -0.2) is 17.4 Å². The van der Waals surface area contributed by atoms with Gasteiger partial charge >= 0.3 is 6.18 Å². The van der Waals surface area contributed by atoms with Crippen molar-refractivity contribution in [2.45, 2.75) is 25.3 Å². The highest BCUT2D eigenvalue weighted by atomic mass is 19.4. The second-order valence-corrected chi connectivity index (χ2v) is 5.79. The predicted octanol–water partition coefficient (Wildman–Crippen LogP) is 4.04. The molecule has 0 saturated carbocycles. The molecule has 1 heterocycles. The molecule has 7 heteroatoms. The van der Waals surface area contributed by atoms with Crippen molar-refractivity contribution in [3.63, 3.8) is 0 Å². The number of amides is 1. The van der Waals surface area contributed by atoms with Gasteiger partial charge in [0.05, 0.1) is 5.56 Å². The Morgan fingerprint density at radius 2 is 1.84 bits per heavy atom. The van der Waals surface area contributed by atoms with Gasteiger partial charge in [0.2, 0.25) is 5.91 Å². The van der Waals surface area contributed by atoms with E-state index < -0.39 is 35.7 Å². The summed E-state index contributed by atoms with van der Waals surface area (Å²) in [5.41, 5.74) is -0.273. The lowest BCUT2D eigenvalue weighted by molar-refractivity contribution is -0.137. The normalized spacial score (nSPS) is 21.4. The lowest BCUT2D eigenvalue weighted by atomic mass is 10.0. The minimum absolute atomic E-state index is 0.205. The van der Waals surface area contributed by atoms with E-state index in [-0.39, 0.29) is 5.56 Å². The molecular formula is C18H16F4N2O. The fraction of sp³-hybridized carbons (Fsp3) is 0.278. The third-order valence-electron chi connectivity index (χ3n) is 4.29. The minimum atomic E-state index is -4.47. The fourth-order valence-electron chi connectivity index (χ4n) is 3.14. The van der Waals surface area contributed by atoms with E-state index in [0.29, 0.717) is 12.1 Å². The zero-order valence-electron chi connectivity index (χ0n) is 13.3. The van der Waals surface area contributed by atoms with Gasteiger partial charge < -0.3 is 5.32 Å². The van der Waals surface area contributed by atoms with E-state index in [2.05, 4.69) is 5.32 Å². The summed E-state index contributed by atoms with van der Waals surface area (Å²) in [5, 5.41) is 2.68. The van der Waals surface area contributed by atoms with Crippen LogP contribution in [0.3, 0.4) is 0 Å². The summed E-state index contributed by atoms with van der Waals surface area (Å²) in [6.45, 7) is 2.13. The molecule has 2 aromatic rings. The highest BCUT2D eigenvalue weighted by Gasteiger charge is 2.42. The van der Waals surface area contributed by atoms with Crippen LogP contribution in [0.1, 0.15) is 35.8 Å². The highest BCUT2D eigenvalue weighted by molar-refractivity contribution is 5.85. The molecule has 1 N–H and O–H groups in total. The molecule has 1 amide bonds. The Bertz CT molecular complexity index is 791. The summed E-state index contributed by atoms with van der Waals surface area (Å²) < 4.78 is 53.0. The van der Waals surface area contributed by atoms with E-state index in [1.165, 1.54) is 30.3 Å². The molecule has 0 spiro atoms. The van der Waals surface area contributed by atoms with Crippen molar-refractivity contribution < 1.29 is 22.4 Å². The average Bonchev–Trinajstić information content (AvgIpc) is 2.91. The molecule has 2 atom stereocenters. The summed E-state index contributed by atoms with van der Waals surface area (Å²) >= 11 is 0. The van der Waals surface area contributed by atoms with Crippen molar-refractivity contribution in [3.8, 4) is 0 Å². The van der Waals surface area contributed by atoms with Crippen molar-refractivity contribution in [2.24, 2.45) is 0 Å². The van der Waals surface area contributed by atoms with E-state index in [9.17, 15) is 22.4 Å². The van der Waals surface area contributed by atoms with Crippen molar-refractivity contribution in [3.05, 3.63) is 71.0 Å². The topological polar surface area (TPSA) is 32.3 Å². The van der Waals surface area contributed by atoms with Crippen LogP contribution in [0.2, 0.25) is 0 Å². The van der Waals surface area contributed by atoms with Crippen LogP contribution in [0.5, 0.6) is 0 Å². The van der Waals surface area contributed by atoms with E-state index in [1.807, 2.05) is 0 Å². The van der Waals surface area contributed by atoms with Crippen molar-refractivity contribution in [2.75, 3.05) is 6.54 Å². The van der Waals surface area contributed by atoms with E-state index >= 15 is 0 Å². The van der Waals surface area contributed by atoms with Gasteiger partial charge in [-0.2, -0.15) is 13.2 Å². The first-order valence-corrected chi connectivity index (χ1v) is 7.80. The molecule has 3 nitrogen and oxygen atoms in total. The molecule has 25 heavy (non-hydrogen) atoms. The first kappa shape index (κ1) is 17.4. The molecule has 1 aliphatic heterocycles. The first-order valence-electron chi connectivity index (χ1n) is 7.80. The largest absolute Gasteiger partial charge is 0.416 e. The molecule has 3 rings (SSSR count). The van der Waals surface area contributed by atoms with Gasteiger partial charge in [-0.25, -0.2) is 4.39 Å². The number of carbonyl (C=O) groups is 1. The second-order valence-electron chi connectivity index (χ2n) is 5.79. The monoisotopic (exact) mass is 352 g/mol. The van der Waals surface area contributed by atoms with Gasteiger partial charge in [-0.05, 0) is 30.3 Å². The molecule has 0 radical (unpaired) electrons. The van der Waals surface area contributed by atoms with Crippen LogP contribution in [0, 0.1) is 5.82 Å². The maximum Gasteiger partial charge on any atom is 0.416 e. The third kappa shape index (κ3) is 3.24. The smallest absolute Gasteiger partial charge is 0.335 e. The Hall–Kier alpha value is -2.41. The summed E-state index contributed by atoms with van der Waals surface area (Å²) in [7, 11) is 0. The van der Waals surface area contributed by atoms with Crippen LogP contribution in [0.4, 0.5) is 17.6 Å². The minimum Gasteiger partial charge on any atom is -0.335 e. The van der Waals surface area contributed by atoms with Gasteiger partial charge in [0, 0.05) is 5.56 Å². The van der Waals surface area contributed by atoms with Crippen LogP contribution >= 0.6 is 0 Å². The Morgan fingerprint density at radius 1 is 1.12 bits per heavy atom. The number of alkyl halides is 3. The Balaban J connectivity index is 1.99. The van der Waals surface area contributed by atoms with E-state index in [0.717, 1.165) is 12.1 Å². The quantitative estimate of drug-likeness (QED) is 0.846. The molecular weight excluding hydrogens is 336 g/mol. The predicted molar refractivity (Wildman–Crippen MR) is 83.8 cm³/mol. The fourth-order valence-corrected chi connectivity index (χ4v) is 3.14. The van der Waals surface area contributed by atoms with Gasteiger partial charge in [-0.3, -0.25) is 9.69 Å². The van der Waals surface area contributed by atoms with Gasteiger partial charge in [-0.1, -0.05) is 37.3 Å². The van der Waals surface area contributed by atoms with Crippen molar-refractivity contribution in [1.82, 2.24) is 10.2 Å². The number of likely N-dealkylation sites (N-methyl/N-ethyl adjacent to an activating group) is 1. The molecule has 132 valence electrons. The van der Waals surface area contributed by atoms with Crippen LogP contribution in [0.15, 0.2) is 48.5 Å². The number of nitrogens with one attached hydrogen (secondary N) is 1. The summed E-state index contributed by atoms with van der Waals surface area (Å²) in [6, 6.07) is 9.84. The zero-order chi connectivity index (χ0) is 18.2. The Morgan fingerprint density at radius 3 is 2.48 bits per heavy atom. The molecule has 0 aliphatic carbocycles. The number of hydrogen-bond donors (Lipinski definition) is 1. The van der Waals surface area contributed by atoms with E-state index in [1.54, 1.807) is 17.9 Å². The summed E-state index contributed by atoms with van der Waals surface area (Å²) in [5.74, 6) is -0.958. The molecule has 0 aromatic heterocycles. The molecule has 1 fully saturated rings. The van der Waals surface area contributed by atoms with E-state index in [4.69, 9.17) is 0 Å². The standard InChI is InChI=1S/C18H16F4N2O/c1-2-24-15(13-8-3-4-9-14(13)19)17(25)23-16(24)11-6-5-7-12(10-11)18(20,21)22/h3-10,15-16H,2H2,1H3,(H,23,25). The number of hydrogen-bond acceptors (Lipinski definition) is 2. The third-order valence-corrected chi connectivity index (χ3v) is 4.29. The SMILES string of the molecule is CCN1C(c2cccc(C(F)(F)F)c2)NC(=O)C1c1ccccc1F. The zero-order valence-corrected chi connectivity index (χ0v) is 13.3.